The van der Waals surface area contributed by atoms with Crippen LogP contribution in [-0.4, -0.2) is 22.3 Å². The first-order valence-corrected chi connectivity index (χ1v) is 6.50. The molecule has 0 saturated carbocycles. The maximum absolute atomic E-state index is 13.1. The topological polar surface area (TPSA) is 50.8 Å². The molecule has 2 heterocycles. The predicted octanol–water partition coefficient (Wildman–Crippen LogP) is 3.59. The van der Waals surface area contributed by atoms with Crippen LogP contribution >= 0.6 is 0 Å². The van der Waals surface area contributed by atoms with Gasteiger partial charge in [-0.05, 0) is 42.8 Å². The Morgan fingerprint density at radius 2 is 1.86 bits per heavy atom. The largest absolute Gasteiger partial charge is 0.481 e. The summed E-state index contributed by atoms with van der Waals surface area (Å²) in [6, 6.07) is 10.1. The number of aryl methyl sites for hydroxylation is 1. The Labute approximate surface area is 121 Å². The quantitative estimate of drug-likeness (QED) is 0.799. The molecule has 0 atom stereocenters. The van der Waals surface area contributed by atoms with Gasteiger partial charge in [0, 0.05) is 23.4 Å². The zero-order chi connectivity index (χ0) is 14.8. The number of H-pyrrole nitrogens is 1. The van der Waals surface area contributed by atoms with Crippen molar-refractivity contribution in [2.75, 3.05) is 7.11 Å². The number of nitrogens with one attached hydrogen (secondary N) is 1. The maximum atomic E-state index is 13.1. The lowest BCUT2D eigenvalue weighted by molar-refractivity contribution is 0.398. The molecule has 4 nitrogen and oxygen atoms in total. The van der Waals surface area contributed by atoms with E-state index in [0.29, 0.717) is 5.88 Å². The number of benzene rings is 1. The third-order valence-corrected chi connectivity index (χ3v) is 3.31. The van der Waals surface area contributed by atoms with Crippen molar-refractivity contribution < 1.29 is 9.13 Å². The van der Waals surface area contributed by atoms with Gasteiger partial charge in [-0.15, -0.1) is 0 Å². The number of aromatic nitrogens is 3. The molecule has 21 heavy (non-hydrogen) atoms. The zero-order valence-electron chi connectivity index (χ0n) is 11.7. The fourth-order valence-electron chi connectivity index (χ4n) is 2.29. The van der Waals surface area contributed by atoms with Crippen LogP contribution in [0.25, 0.3) is 22.4 Å². The molecule has 0 aliphatic heterocycles. The molecular formula is C16H14FN3O. The smallest absolute Gasteiger partial charge is 0.213 e. The normalized spacial score (nSPS) is 10.6. The Hall–Kier alpha value is -2.69. The first kappa shape index (κ1) is 13.3. The maximum Gasteiger partial charge on any atom is 0.213 e. The van der Waals surface area contributed by atoms with Crippen LogP contribution in [-0.2, 0) is 0 Å². The van der Waals surface area contributed by atoms with Gasteiger partial charge in [-0.25, -0.2) is 9.37 Å². The monoisotopic (exact) mass is 283 g/mol. The minimum atomic E-state index is -0.262. The van der Waals surface area contributed by atoms with E-state index >= 15 is 0 Å². The van der Waals surface area contributed by atoms with Crippen molar-refractivity contribution in [2.45, 2.75) is 6.92 Å². The summed E-state index contributed by atoms with van der Waals surface area (Å²) in [7, 11) is 1.58. The minimum absolute atomic E-state index is 0.262. The van der Waals surface area contributed by atoms with Crippen molar-refractivity contribution in [3.8, 4) is 28.3 Å². The standard InChI is InChI=1S/C16H14FN3O/c1-10-15(12-7-8-18-14(9-12)21-2)16(20-19-10)11-3-5-13(17)6-4-11/h3-9H,1-2H3,(H,19,20). The van der Waals surface area contributed by atoms with Crippen LogP contribution in [0.3, 0.4) is 0 Å². The lowest BCUT2D eigenvalue weighted by atomic mass is 10.00. The van der Waals surface area contributed by atoms with Crippen LogP contribution in [0.4, 0.5) is 4.39 Å². The van der Waals surface area contributed by atoms with E-state index in [4.69, 9.17) is 4.74 Å². The second-order valence-corrected chi connectivity index (χ2v) is 4.65. The van der Waals surface area contributed by atoms with Gasteiger partial charge in [-0.1, -0.05) is 0 Å². The van der Waals surface area contributed by atoms with E-state index in [1.807, 2.05) is 19.1 Å². The van der Waals surface area contributed by atoms with Crippen LogP contribution in [0.5, 0.6) is 5.88 Å². The van der Waals surface area contributed by atoms with Crippen LogP contribution in [0.15, 0.2) is 42.6 Å². The lowest BCUT2D eigenvalue weighted by Gasteiger charge is -2.06. The second-order valence-electron chi connectivity index (χ2n) is 4.65. The van der Waals surface area contributed by atoms with E-state index in [2.05, 4.69) is 15.2 Å². The van der Waals surface area contributed by atoms with Crippen molar-refractivity contribution in [3.63, 3.8) is 0 Å². The highest BCUT2D eigenvalue weighted by Crippen LogP contribution is 2.33. The summed E-state index contributed by atoms with van der Waals surface area (Å²) in [5.41, 5.74) is 4.50. The van der Waals surface area contributed by atoms with Gasteiger partial charge in [-0.3, -0.25) is 5.10 Å². The molecule has 3 rings (SSSR count). The number of pyridine rings is 1. The van der Waals surface area contributed by atoms with Gasteiger partial charge in [0.1, 0.15) is 5.82 Å². The van der Waals surface area contributed by atoms with Crippen LogP contribution < -0.4 is 4.74 Å². The van der Waals surface area contributed by atoms with Gasteiger partial charge in [-0.2, -0.15) is 5.10 Å². The third kappa shape index (κ3) is 2.50. The van der Waals surface area contributed by atoms with Gasteiger partial charge in [0.2, 0.25) is 5.88 Å². The second kappa shape index (κ2) is 5.36. The molecule has 0 aliphatic carbocycles. The predicted molar refractivity (Wildman–Crippen MR) is 78.5 cm³/mol. The Bertz CT molecular complexity index is 765. The molecule has 0 saturated heterocycles. The fourth-order valence-corrected chi connectivity index (χ4v) is 2.29. The Morgan fingerprint density at radius 1 is 1.10 bits per heavy atom. The zero-order valence-corrected chi connectivity index (χ0v) is 11.7. The summed E-state index contributed by atoms with van der Waals surface area (Å²) in [6.45, 7) is 1.92. The molecule has 0 aliphatic rings. The molecule has 3 aromatic rings. The summed E-state index contributed by atoms with van der Waals surface area (Å²) in [4.78, 5) is 4.11. The highest BCUT2D eigenvalue weighted by Gasteiger charge is 2.14. The number of rotatable bonds is 3. The number of hydrogen-bond acceptors (Lipinski definition) is 3. The molecule has 0 bridgehead atoms. The van der Waals surface area contributed by atoms with Gasteiger partial charge in [0.25, 0.3) is 0 Å². The summed E-state index contributed by atoms with van der Waals surface area (Å²) in [5.74, 6) is 0.278. The first-order valence-electron chi connectivity index (χ1n) is 6.50. The highest BCUT2D eigenvalue weighted by atomic mass is 19.1. The average molecular weight is 283 g/mol. The van der Waals surface area contributed by atoms with E-state index in [1.165, 1.54) is 12.1 Å². The highest BCUT2D eigenvalue weighted by molar-refractivity contribution is 5.82. The van der Waals surface area contributed by atoms with Crippen LogP contribution in [0.2, 0.25) is 0 Å². The van der Waals surface area contributed by atoms with Crippen molar-refractivity contribution in [1.29, 1.82) is 0 Å². The number of methoxy groups -OCH3 is 1. The summed E-state index contributed by atoms with van der Waals surface area (Å²) in [5, 5.41) is 7.28. The number of hydrogen-bond donors (Lipinski definition) is 1. The van der Waals surface area contributed by atoms with Crippen molar-refractivity contribution >= 4 is 0 Å². The van der Waals surface area contributed by atoms with Gasteiger partial charge in [0.15, 0.2) is 0 Å². The van der Waals surface area contributed by atoms with Crippen LogP contribution in [0.1, 0.15) is 5.69 Å². The van der Waals surface area contributed by atoms with E-state index < -0.39 is 0 Å². The molecule has 1 aromatic carbocycles. The summed E-state index contributed by atoms with van der Waals surface area (Å²) in [6.07, 6.45) is 1.69. The molecule has 2 aromatic heterocycles. The molecule has 0 spiro atoms. The Balaban J connectivity index is 2.14. The van der Waals surface area contributed by atoms with E-state index in [1.54, 1.807) is 25.4 Å². The molecular weight excluding hydrogens is 269 g/mol. The number of ether oxygens (including phenoxy) is 1. The molecule has 5 heteroatoms. The van der Waals surface area contributed by atoms with Gasteiger partial charge < -0.3 is 4.74 Å². The van der Waals surface area contributed by atoms with Crippen molar-refractivity contribution in [3.05, 3.63) is 54.1 Å². The third-order valence-electron chi connectivity index (χ3n) is 3.31. The molecule has 0 radical (unpaired) electrons. The number of aromatic amines is 1. The molecule has 1 N–H and O–H groups in total. The fraction of sp³-hybridized carbons (Fsp3) is 0.125. The van der Waals surface area contributed by atoms with E-state index in [-0.39, 0.29) is 5.82 Å². The number of halogens is 1. The van der Waals surface area contributed by atoms with E-state index in [9.17, 15) is 4.39 Å². The summed E-state index contributed by atoms with van der Waals surface area (Å²) < 4.78 is 18.2. The first-order chi connectivity index (χ1) is 10.2. The Morgan fingerprint density at radius 3 is 2.57 bits per heavy atom. The summed E-state index contributed by atoms with van der Waals surface area (Å²) >= 11 is 0. The SMILES string of the molecule is COc1cc(-c2c(C)n[nH]c2-c2ccc(F)cc2)ccn1. The molecule has 0 unspecified atom stereocenters. The molecule has 0 amide bonds. The van der Waals surface area contributed by atoms with E-state index in [0.717, 1.165) is 28.1 Å². The molecule has 106 valence electrons. The van der Waals surface area contributed by atoms with Gasteiger partial charge in [0.05, 0.1) is 18.5 Å². The van der Waals surface area contributed by atoms with Crippen LogP contribution in [0, 0.1) is 12.7 Å². The Kier molecular flexibility index (Phi) is 3.39. The van der Waals surface area contributed by atoms with Crippen molar-refractivity contribution in [2.24, 2.45) is 0 Å². The minimum Gasteiger partial charge on any atom is -0.481 e. The average Bonchev–Trinajstić information content (AvgIpc) is 2.90. The number of nitrogens with zero attached hydrogens (tertiary/aromatic N) is 2. The van der Waals surface area contributed by atoms with Crippen molar-refractivity contribution in [1.82, 2.24) is 15.2 Å². The lowest BCUT2D eigenvalue weighted by Crippen LogP contribution is -1.89. The molecule has 0 fully saturated rings. The van der Waals surface area contributed by atoms with Gasteiger partial charge >= 0.3 is 0 Å².